The van der Waals surface area contributed by atoms with Gasteiger partial charge in [-0.3, -0.25) is 4.79 Å². The van der Waals surface area contributed by atoms with Crippen molar-refractivity contribution < 1.29 is 56.0 Å². The second-order valence-electron chi connectivity index (χ2n) is 13.9. The Morgan fingerprint density at radius 2 is 1.27 bits per heavy atom. The molecule has 3 rings (SSSR count). The van der Waals surface area contributed by atoms with Gasteiger partial charge in [-0.1, -0.05) is 77.7 Å². The molecule has 294 valence electrons. The van der Waals surface area contributed by atoms with Gasteiger partial charge in [0.1, 0.15) is 5.75 Å². The van der Waals surface area contributed by atoms with Crippen LogP contribution in [0, 0.1) is 11.3 Å². The number of carbonyl (C=O) groups excluding carboxylic acids is 1. The molecule has 3 atom stereocenters. The molecule has 15 heteroatoms. The van der Waals surface area contributed by atoms with Crippen molar-refractivity contribution in [1.82, 2.24) is 10.6 Å². The predicted molar refractivity (Wildman–Crippen MR) is 182 cm³/mol. The van der Waals surface area contributed by atoms with Crippen LogP contribution in [0.15, 0.2) is 18.2 Å². The van der Waals surface area contributed by atoms with Gasteiger partial charge < -0.3 is 31.7 Å². The first-order valence-electron chi connectivity index (χ1n) is 17.9. The number of halogens is 6. The molecule has 2 aliphatic carbocycles. The number of carboxylic acid groups (broad SMARTS) is 2. The number of carbonyl (C=O) groups is 3. The first-order valence-corrected chi connectivity index (χ1v) is 17.9. The molecule has 0 spiro atoms. The van der Waals surface area contributed by atoms with Crippen molar-refractivity contribution in [2.24, 2.45) is 17.1 Å². The van der Waals surface area contributed by atoms with Gasteiger partial charge in [0.2, 0.25) is 5.91 Å². The van der Waals surface area contributed by atoms with Gasteiger partial charge in [0.05, 0.1) is 5.41 Å². The Hall–Kier alpha value is -3.07. The van der Waals surface area contributed by atoms with Crippen molar-refractivity contribution in [1.29, 1.82) is 0 Å². The molecule has 1 fully saturated rings. The summed E-state index contributed by atoms with van der Waals surface area (Å²) >= 11 is 0. The van der Waals surface area contributed by atoms with Crippen LogP contribution in [0.2, 0.25) is 0 Å². The summed E-state index contributed by atoms with van der Waals surface area (Å²) in [5.41, 5.74) is 7.78. The first kappa shape index (κ1) is 46.0. The standard InChI is InChI=1S/C32H55N3O2.2C2HF3O2/c1-31-19-13-20-32(2,29(31)18-16-26-15-17-27(36)25-28(26)31)30(37)35-24-14-23-34-22-12-10-8-6-4-3-5-7-9-11-21-33;2*3-2(4,5)1(6)7/h15,17,25,29,34,36H,3-14,16,18-24,33H2,1-2H3,(H,35,37);2*(H,6,7)/t29-,31-,32+;;/m1../s1. The normalized spacial score (nSPS) is 21.2. The van der Waals surface area contributed by atoms with Crippen molar-refractivity contribution in [2.45, 2.75) is 134 Å². The zero-order valence-corrected chi connectivity index (χ0v) is 29.9. The number of aliphatic carboxylic acids is 2. The first-order chi connectivity index (χ1) is 23.8. The maximum atomic E-state index is 13.5. The van der Waals surface area contributed by atoms with Crippen LogP contribution < -0.4 is 16.4 Å². The van der Waals surface area contributed by atoms with Crippen LogP contribution in [0.3, 0.4) is 0 Å². The van der Waals surface area contributed by atoms with E-state index in [2.05, 4.69) is 30.5 Å². The fourth-order valence-corrected chi connectivity index (χ4v) is 7.27. The predicted octanol–water partition coefficient (Wildman–Crippen LogP) is 7.62. The van der Waals surface area contributed by atoms with Gasteiger partial charge in [-0.2, -0.15) is 26.3 Å². The number of aromatic hydroxyl groups is 1. The van der Waals surface area contributed by atoms with Crippen LogP contribution in [0.5, 0.6) is 5.75 Å². The van der Waals surface area contributed by atoms with Gasteiger partial charge in [0.15, 0.2) is 0 Å². The smallest absolute Gasteiger partial charge is 0.490 e. The van der Waals surface area contributed by atoms with E-state index in [1.807, 2.05) is 6.07 Å². The molecular weight excluding hydrogens is 684 g/mol. The molecule has 0 unspecified atom stereocenters. The maximum Gasteiger partial charge on any atom is 0.490 e. The molecule has 51 heavy (non-hydrogen) atoms. The summed E-state index contributed by atoms with van der Waals surface area (Å²) in [6.45, 7) is 8.15. The molecule has 1 saturated carbocycles. The van der Waals surface area contributed by atoms with Crippen LogP contribution >= 0.6 is 0 Å². The van der Waals surface area contributed by atoms with Crippen molar-refractivity contribution in [3.63, 3.8) is 0 Å². The molecule has 9 nitrogen and oxygen atoms in total. The lowest BCUT2D eigenvalue weighted by molar-refractivity contribution is -0.193. The largest absolute Gasteiger partial charge is 0.508 e. The van der Waals surface area contributed by atoms with Crippen LogP contribution in [-0.2, 0) is 26.2 Å². The lowest BCUT2D eigenvalue weighted by Gasteiger charge is -2.54. The Balaban J connectivity index is 0.000000780. The number of fused-ring (bicyclic) bond motifs is 3. The molecule has 1 aromatic rings. The van der Waals surface area contributed by atoms with Gasteiger partial charge >= 0.3 is 24.3 Å². The summed E-state index contributed by atoms with van der Waals surface area (Å²) < 4.78 is 63.5. The Kier molecular flexibility index (Phi) is 19.9. The molecule has 7 N–H and O–H groups in total. The molecule has 1 amide bonds. The minimum absolute atomic E-state index is 0.0390. The van der Waals surface area contributed by atoms with E-state index >= 15 is 0 Å². The van der Waals surface area contributed by atoms with Gasteiger partial charge in [-0.15, -0.1) is 0 Å². The van der Waals surface area contributed by atoms with E-state index in [0.29, 0.717) is 11.7 Å². The van der Waals surface area contributed by atoms with E-state index in [4.69, 9.17) is 25.5 Å². The topological polar surface area (TPSA) is 162 Å². The number of hydrogen-bond acceptors (Lipinski definition) is 6. The van der Waals surface area contributed by atoms with E-state index in [0.717, 1.165) is 64.7 Å². The van der Waals surface area contributed by atoms with E-state index in [-0.39, 0.29) is 16.7 Å². The number of nitrogens with two attached hydrogens (primary N) is 1. The SMILES string of the molecule is C[C@]1(C(=O)NCCCNCCCCCCCCCCCCN)CCC[C@]2(C)c3cc(O)ccc3CC[C@@H]12.O=C(O)C(F)(F)F.O=C(O)C(F)(F)F. The van der Waals surface area contributed by atoms with Crippen LogP contribution in [0.1, 0.15) is 121 Å². The maximum absolute atomic E-state index is 13.5. The van der Waals surface area contributed by atoms with Crippen LogP contribution in [0.25, 0.3) is 0 Å². The Bertz CT molecular complexity index is 1190. The molecule has 0 heterocycles. The Morgan fingerprint density at radius 1 is 0.784 bits per heavy atom. The average Bonchev–Trinajstić information content (AvgIpc) is 3.04. The molecule has 0 aromatic heterocycles. The Labute approximate surface area is 297 Å². The lowest BCUT2D eigenvalue weighted by Crippen LogP contribution is -2.55. The minimum atomic E-state index is -5.08. The average molecular weight is 742 g/mol. The van der Waals surface area contributed by atoms with Crippen molar-refractivity contribution in [3.8, 4) is 5.75 Å². The van der Waals surface area contributed by atoms with E-state index in [1.54, 1.807) is 6.07 Å². The summed E-state index contributed by atoms with van der Waals surface area (Å²) in [5.74, 6) is -4.63. The number of phenols is 1. The summed E-state index contributed by atoms with van der Waals surface area (Å²) in [5, 5.41) is 31.3. The highest BCUT2D eigenvalue weighted by molar-refractivity contribution is 5.83. The number of phenolic OH excluding ortho intramolecular Hbond substituents is 1. The van der Waals surface area contributed by atoms with Crippen LogP contribution in [0.4, 0.5) is 26.3 Å². The molecule has 0 bridgehead atoms. The highest BCUT2D eigenvalue weighted by Crippen LogP contribution is 2.57. The number of hydrogen-bond donors (Lipinski definition) is 6. The number of carboxylic acids is 2. The van der Waals surface area contributed by atoms with Gasteiger partial charge in [-0.05, 0) is 99.2 Å². The number of nitrogens with one attached hydrogen (secondary N) is 2. The number of benzene rings is 1. The Morgan fingerprint density at radius 3 is 1.78 bits per heavy atom. The van der Waals surface area contributed by atoms with Crippen molar-refractivity contribution >= 4 is 17.8 Å². The van der Waals surface area contributed by atoms with E-state index in [1.165, 1.54) is 75.3 Å². The monoisotopic (exact) mass is 741 g/mol. The summed E-state index contributed by atoms with van der Waals surface area (Å²) in [4.78, 5) is 31.2. The van der Waals surface area contributed by atoms with E-state index in [9.17, 15) is 36.2 Å². The van der Waals surface area contributed by atoms with E-state index < -0.39 is 24.3 Å². The third-order valence-corrected chi connectivity index (χ3v) is 9.97. The summed E-state index contributed by atoms with van der Waals surface area (Å²) in [6.07, 6.45) is 9.21. The van der Waals surface area contributed by atoms with Gasteiger partial charge in [0.25, 0.3) is 0 Å². The molecule has 0 saturated heterocycles. The number of aryl methyl sites for hydroxylation is 1. The minimum Gasteiger partial charge on any atom is -0.508 e. The second-order valence-corrected chi connectivity index (χ2v) is 13.9. The van der Waals surface area contributed by atoms with Gasteiger partial charge in [0, 0.05) is 6.54 Å². The number of amides is 1. The van der Waals surface area contributed by atoms with Crippen molar-refractivity contribution in [2.75, 3.05) is 26.2 Å². The molecular formula is C36H57F6N3O6. The molecule has 1 aromatic carbocycles. The second kappa shape index (κ2) is 22.1. The quantitative estimate of drug-likeness (QED) is 0.0702. The molecule has 0 aliphatic heterocycles. The zero-order valence-electron chi connectivity index (χ0n) is 29.9. The third-order valence-electron chi connectivity index (χ3n) is 9.97. The number of unbranched alkanes of at least 4 members (excludes halogenated alkanes) is 9. The molecule has 0 radical (unpaired) electrons. The fraction of sp³-hybridized carbons (Fsp3) is 0.750. The summed E-state index contributed by atoms with van der Waals surface area (Å²) in [7, 11) is 0. The molecule has 2 aliphatic rings. The van der Waals surface area contributed by atoms with Gasteiger partial charge in [-0.25, -0.2) is 9.59 Å². The number of alkyl halides is 6. The van der Waals surface area contributed by atoms with Crippen LogP contribution in [-0.4, -0.2) is 71.7 Å². The highest BCUT2D eigenvalue weighted by atomic mass is 19.4. The lowest BCUT2D eigenvalue weighted by atomic mass is 9.49. The zero-order chi connectivity index (χ0) is 38.7. The fourth-order valence-electron chi connectivity index (χ4n) is 7.27. The summed E-state index contributed by atoms with van der Waals surface area (Å²) in [6, 6.07) is 5.85. The number of rotatable bonds is 17. The third kappa shape index (κ3) is 16.0. The highest BCUT2D eigenvalue weighted by Gasteiger charge is 2.54. The van der Waals surface area contributed by atoms with Crippen molar-refractivity contribution in [3.05, 3.63) is 29.3 Å².